The molecule has 0 spiro atoms. The van der Waals surface area contributed by atoms with Crippen molar-refractivity contribution in [2.75, 3.05) is 13.2 Å². The number of rotatable bonds is 2. The van der Waals surface area contributed by atoms with Crippen LogP contribution >= 0.6 is 11.6 Å². The van der Waals surface area contributed by atoms with Crippen molar-refractivity contribution in [3.05, 3.63) is 40.1 Å². The number of hydroxylamine groups is 3. The van der Waals surface area contributed by atoms with Crippen molar-refractivity contribution in [3.63, 3.8) is 0 Å². The van der Waals surface area contributed by atoms with Crippen molar-refractivity contribution in [2.24, 2.45) is 0 Å². The summed E-state index contributed by atoms with van der Waals surface area (Å²) in [5.41, 5.74) is 0.915. The molecule has 1 heterocycles. The first-order chi connectivity index (χ1) is 8.04. The fourth-order valence-electron chi connectivity index (χ4n) is 2.26. The van der Waals surface area contributed by atoms with E-state index in [2.05, 4.69) is 0 Å². The number of nitrogens with zero attached hydrogens (tertiary/aromatic N) is 1. The summed E-state index contributed by atoms with van der Waals surface area (Å²) in [5.74, 6) is 0. The average molecular weight is 256 g/mol. The van der Waals surface area contributed by atoms with Crippen molar-refractivity contribution in [2.45, 2.75) is 32.5 Å². The Balaban J connectivity index is 2.31. The molecular formula is C13H18ClNO2. The molecule has 1 saturated heterocycles. The number of hydrogen-bond donors (Lipinski definition) is 0. The maximum atomic E-state index is 12.8. The minimum atomic E-state index is -0.416. The van der Waals surface area contributed by atoms with E-state index in [0.717, 1.165) is 12.0 Å². The molecule has 1 aromatic carbocycles. The molecule has 94 valence electrons. The first-order valence-corrected chi connectivity index (χ1v) is 6.37. The largest absolute Gasteiger partial charge is 0.630 e. The Morgan fingerprint density at radius 1 is 1.35 bits per heavy atom. The highest BCUT2D eigenvalue weighted by atomic mass is 35.5. The third-order valence-corrected chi connectivity index (χ3v) is 3.61. The maximum Gasteiger partial charge on any atom is 0.220 e. The Bertz CT molecular complexity index is 380. The van der Waals surface area contributed by atoms with Gasteiger partial charge in [-0.15, -0.1) is 0 Å². The van der Waals surface area contributed by atoms with E-state index in [1.54, 1.807) is 12.1 Å². The molecule has 3 nitrogen and oxygen atoms in total. The Morgan fingerprint density at radius 2 is 2.00 bits per heavy atom. The first kappa shape index (κ1) is 12.8. The smallest absolute Gasteiger partial charge is 0.220 e. The van der Waals surface area contributed by atoms with Crippen LogP contribution in [0.1, 0.15) is 32.1 Å². The van der Waals surface area contributed by atoms with Crippen molar-refractivity contribution in [1.82, 2.24) is 0 Å². The van der Waals surface area contributed by atoms with Crippen LogP contribution in [-0.4, -0.2) is 23.8 Å². The molecule has 1 aliphatic heterocycles. The van der Waals surface area contributed by atoms with Crippen LogP contribution in [0.5, 0.6) is 0 Å². The molecule has 0 saturated carbocycles. The van der Waals surface area contributed by atoms with Crippen molar-refractivity contribution in [1.29, 1.82) is 0 Å². The molecule has 0 aliphatic carbocycles. The van der Waals surface area contributed by atoms with Crippen LogP contribution in [0.4, 0.5) is 0 Å². The molecule has 0 amide bonds. The number of benzene rings is 1. The van der Waals surface area contributed by atoms with E-state index in [1.165, 1.54) is 0 Å². The van der Waals surface area contributed by atoms with Crippen LogP contribution in [0.2, 0.25) is 5.02 Å². The zero-order chi connectivity index (χ0) is 12.5. The lowest BCUT2D eigenvalue weighted by Crippen LogP contribution is -2.54. The lowest BCUT2D eigenvalue weighted by atomic mass is 10.1. The molecule has 0 bridgehead atoms. The quantitative estimate of drug-likeness (QED) is 0.599. The fraction of sp³-hybridized carbons (Fsp3) is 0.538. The molecule has 2 rings (SSSR count). The molecule has 0 aromatic heterocycles. The van der Waals surface area contributed by atoms with Gasteiger partial charge in [0.1, 0.15) is 0 Å². The van der Waals surface area contributed by atoms with Gasteiger partial charge in [0.2, 0.25) is 6.23 Å². The highest BCUT2D eigenvalue weighted by Gasteiger charge is 2.36. The van der Waals surface area contributed by atoms with E-state index in [4.69, 9.17) is 16.3 Å². The summed E-state index contributed by atoms with van der Waals surface area (Å²) in [6.45, 7) is 5.17. The summed E-state index contributed by atoms with van der Waals surface area (Å²) in [4.78, 5) is 0. The second-order valence-corrected chi connectivity index (χ2v) is 5.24. The highest BCUT2D eigenvalue weighted by molar-refractivity contribution is 6.30. The second-order valence-electron chi connectivity index (χ2n) is 4.80. The summed E-state index contributed by atoms with van der Waals surface area (Å²) in [7, 11) is 0. The molecule has 1 aromatic rings. The first-order valence-electron chi connectivity index (χ1n) is 5.99. The Labute approximate surface area is 107 Å². The average Bonchev–Trinajstić information content (AvgIpc) is 2.31. The van der Waals surface area contributed by atoms with Gasteiger partial charge in [0.15, 0.2) is 0 Å². The standard InChI is InChI=1S/C13H18ClNO2/c1-10(2)15(16)8-3-9-17-13(15)11-4-6-12(14)7-5-11/h4-7,10,13H,3,8-9H2,1-2H3. The normalized spacial score (nSPS) is 29.6. The van der Waals surface area contributed by atoms with E-state index >= 15 is 0 Å². The van der Waals surface area contributed by atoms with Crippen LogP contribution in [0.15, 0.2) is 24.3 Å². The summed E-state index contributed by atoms with van der Waals surface area (Å²) in [6.07, 6.45) is 0.409. The lowest BCUT2D eigenvalue weighted by Gasteiger charge is -2.53. The van der Waals surface area contributed by atoms with Gasteiger partial charge < -0.3 is 14.6 Å². The highest BCUT2D eigenvalue weighted by Crippen LogP contribution is 2.35. The predicted molar refractivity (Wildman–Crippen MR) is 68.4 cm³/mol. The Morgan fingerprint density at radius 3 is 2.59 bits per heavy atom. The van der Waals surface area contributed by atoms with Gasteiger partial charge in [0, 0.05) is 17.0 Å². The van der Waals surface area contributed by atoms with Crippen LogP contribution in [0, 0.1) is 5.21 Å². The summed E-state index contributed by atoms with van der Waals surface area (Å²) in [5, 5.41) is 13.5. The minimum absolute atomic E-state index is 0.00372. The van der Waals surface area contributed by atoms with Gasteiger partial charge in [-0.2, -0.15) is 0 Å². The van der Waals surface area contributed by atoms with Crippen molar-refractivity contribution in [3.8, 4) is 0 Å². The molecule has 4 heteroatoms. The van der Waals surface area contributed by atoms with Gasteiger partial charge in [-0.25, -0.2) is 0 Å². The predicted octanol–water partition coefficient (Wildman–Crippen LogP) is 3.48. The monoisotopic (exact) mass is 255 g/mol. The molecule has 2 unspecified atom stereocenters. The molecule has 1 aliphatic rings. The third-order valence-electron chi connectivity index (χ3n) is 3.35. The summed E-state index contributed by atoms with van der Waals surface area (Å²) in [6, 6.07) is 7.37. The van der Waals surface area contributed by atoms with E-state index in [1.807, 2.05) is 26.0 Å². The number of ether oxygens (including phenoxy) is 1. The molecule has 0 radical (unpaired) electrons. The van der Waals surface area contributed by atoms with Gasteiger partial charge in [-0.3, -0.25) is 0 Å². The van der Waals surface area contributed by atoms with Crippen molar-refractivity contribution >= 4 is 11.6 Å². The van der Waals surface area contributed by atoms with Crippen LogP contribution in [-0.2, 0) is 4.74 Å². The summed E-state index contributed by atoms with van der Waals surface area (Å²) >= 11 is 5.86. The Kier molecular flexibility index (Phi) is 3.73. The van der Waals surface area contributed by atoms with Gasteiger partial charge in [-0.1, -0.05) is 11.6 Å². The van der Waals surface area contributed by atoms with Gasteiger partial charge in [0.25, 0.3) is 0 Å². The zero-order valence-electron chi connectivity index (χ0n) is 10.2. The third kappa shape index (κ3) is 2.47. The minimum Gasteiger partial charge on any atom is -0.630 e. The number of hydrogen-bond acceptors (Lipinski definition) is 2. The van der Waals surface area contributed by atoms with Crippen molar-refractivity contribution < 1.29 is 9.38 Å². The fourth-order valence-corrected chi connectivity index (χ4v) is 2.38. The van der Waals surface area contributed by atoms with E-state index in [0.29, 0.717) is 18.2 Å². The second kappa shape index (κ2) is 4.94. The molecule has 2 atom stereocenters. The topological polar surface area (TPSA) is 32.3 Å². The van der Waals surface area contributed by atoms with E-state index < -0.39 is 6.23 Å². The molecule has 0 N–H and O–H groups in total. The van der Waals surface area contributed by atoms with E-state index in [9.17, 15) is 5.21 Å². The lowest BCUT2D eigenvalue weighted by molar-refractivity contribution is -0.961. The van der Waals surface area contributed by atoms with Gasteiger partial charge in [-0.05, 0) is 38.1 Å². The van der Waals surface area contributed by atoms with Gasteiger partial charge >= 0.3 is 0 Å². The van der Waals surface area contributed by atoms with Crippen LogP contribution in [0.25, 0.3) is 0 Å². The maximum absolute atomic E-state index is 12.8. The molecule has 17 heavy (non-hydrogen) atoms. The Hall–Kier alpha value is -0.610. The SMILES string of the molecule is CC(C)[N+]1([O-])CCCOC1c1ccc(Cl)cc1. The van der Waals surface area contributed by atoms with E-state index in [-0.39, 0.29) is 10.7 Å². The number of halogens is 1. The zero-order valence-corrected chi connectivity index (χ0v) is 11.0. The summed E-state index contributed by atoms with van der Waals surface area (Å²) < 4.78 is 5.39. The van der Waals surface area contributed by atoms with Gasteiger partial charge in [0.05, 0.1) is 19.2 Å². The molecular weight excluding hydrogens is 238 g/mol. The van der Waals surface area contributed by atoms with Crippen LogP contribution < -0.4 is 0 Å². The van der Waals surface area contributed by atoms with Crippen LogP contribution in [0.3, 0.4) is 0 Å². The molecule has 1 fully saturated rings. The number of quaternary nitrogens is 1.